The fourth-order valence-corrected chi connectivity index (χ4v) is 3.61. The maximum absolute atomic E-state index is 12.7. The summed E-state index contributed by atoms with van der Waals surface area (Å²) in [6.07, 6.45) is 2.23. The van der Waals surface area contributed by atoms with E-state index in [4.69, 9.17) is 4.74 Å². The molecule has 0 saturated carbocycles. The van der Waals surface area contributed by atoms with Gasteiger partial charge in [-0.15, -0.1) is 12.4 Å². The molecule has 1 amide bonds. The Hall–Kier alpha value is -0.780. The third-order valence-corrected chi connectivity index (χ3v) is 5.04. The van der Waals surface area contributed by atoms with Crippen LogP contribution in [0.2, 0.25) is 0 Å². The number of benzene rings is 1. The molecule has 2 saturated heterocycles. The highest BCUT2D eigenvalue weighted by atomic mass is 79.9. The number of methoxy groups -OCH3 is 1. The highest BCUT2D eigenvalue weighted by molar-refractivity contribution is 9.10. The molecule has 6 heteroatoms. The van der Waals surface area contributed by atoms with E-state index in [0.29, 0.717) is 23.3 Å². The van der Waals surface area contributed by atoms with E-state index >= 15 is 0 Å². The molecule has 1 N–H and O–H groups in total. The average Bonchev–Trinajstić information content (AvgIpc) is 2.94. The number of hydrogen-bond acceptors (Lipinski definition) is 3. The molecule has 3 rings (SSSR count). The van der Waals surface area contributed by atoms with Crippen molar-refractivity contribution in [3.8, 4) is 5.75 Å². The summed E-state index contributed by atoms with van der Waals surface area (Å²) >= 11 is 3.47. The van der Waals surface area contributed by atoms with E-state index < -0.39 is 0 Å². The SMILES string of the molecule is COc1ccc(Br)c(C(=O)N2CCC3NCCC3C2)c1.Cl. The quantitative estimate of drug-likeness (QED) is 0.864. The number of likely N-dealkylation sites (tertiary alicyclic amines) is 1. The number of nitrogens with one attached hydrogen (secondary N) is 1. The van der Waals surface area contributed by atoms with E-state index in [1.54, 1.807) is 7.11 Å². The van der Waals surface area contributed by atoms with E-state index in [2.05, 4.69) is 21.2 Å². The zero-order valence-corrected chi connectivity index (χ0v) is 14.4. The van der Waals surface area contributed by atoms with Gasteiger partial charge >= 0.3 is 0 Å². The van der Waals surface area contributed by atoms with Crippen LogP contribution in [0.15, 0.2) is 22.7 Å². The van der Waals surface area contributed by atoms with Gasteiger partial charge in [0.15, 0.2) is 0 Å². The predicted molar refractivity (Wildman–Crippen MR) is 88.4 cm³/mol. The first-order valence-electron chi connectivity index (χ1n) is 7.05. The molecule has 2 heterocycles. The van der Waals surface area contributed by atoms with Crippen LogP contribution < -0.4 is 10.1 Å². The normalized spacial score (nSPS) is 24.2. The molecule has 0 radical (unpaired) electrons. The molecule has 1 aromatic carbocycles. The topological polar surface area (TPSA) is 41.6 Å². The molecular weight excluding hydrogens is 356 g/mol. The summed E-state index contributed by atoms with van der Waals surface area (Å²) in [5, 5.41) is 3.52. The number of carbonyl (C=O) groups is 1. The zero-order valence-electron chi connectivity index (χ0n) is 12.0. The Morgan fingerprint density at radius 1 is 1.43 bits per heavy atom. The number of hydrogen-bond donors (Lipinski definition) is 1. The second-order valence-corrected chi connectivity index (χ2v) is 6.35. The highest BCUT2D eigenvalue weighted by Crippen LogP contribution is 2.28. The van der Waals surface area contributed by atoms with Crippen molar-refractivity contribution in [3.05, 3.63) is 28.2 Å². The largest absolute Gasteiger partial charge is 0.497 e. The van der Waals surface area contributed by atoms with Crippen LogP contribution in [-0.4, -0.2) is 43.6 Å². The Balaban J connectivity index is 0.00000161. The van der Waals surface area contributed by atoms with Crippen LogP contribution in [0.25, 0.3) is 0 Å². The Bertz CT molecular complexity index is 526. The first kappa shape index (κ1) is 16.6. The van der Waals surface area contributed by atoms with Crippen LogP contribution in [0.1, 0.15) is 23.2 Å². The van der Waals surface area contributed by atoms with Crippen LogP contribution in [0.5, 0.6) is 5.75 Å². The summed E-state index contributed by atoms with van der Waals surface area (Å²) in [6, 6.07) is 6.14. The molecule has 2 fully saturated rings. The van der Waals surface area contributed by atoms with Gasteiger partial charge in [0.1, 0.15) is 5.75 Å². The summed E-state index contributed by atoms with van der Waals surface area (Å²) < 4.78 is 6.04. The van der Waals surface area contributed by atoms with Crippen molar-refractivity contribution in [2.45, 2.75) is 18.9 Å². The maximum Gasteiger partial charge on any atom is 0.255 e. The lowest BCUT2D eigenvalue weighted by atomic mass is 9.93. The van der Waals surface area contributed by atoms with Gasteiger partial charge in [0.2, 0.25) is 0 Å². The lowest BCUT2D eigenvalue weighted by Crippen LogP contribution is -2.46. The lowest BCUT2D eigenvalue weighted by Gasteiger charge is -2.35. The van der Waals surface area contributed by atoms with Crippen molar-refractivity contribution in [1.29, 1.82) is 0 Å². The lowest BCUT2D eigenvalue weighted by molar-refractivity contribution is 0.0660. The molecule has 0 aromatic heterocycles. The monoisotopic (exact) mass is 374 g/mol. The van der Waals surface area contributed by atoms with Gasteiger partial charge in [0.25, 0.3) is 5.91 Å². The number of fused-ring (bicyclic) bond motifs is 1. The summed E-state index contributed by atoms with van der Waals surface area (Å²) in [4.78, 5) is 14.7. The van der Waals surface area contributed by atoms with Gasteiger partial charge in [0.05, 0.1) is 12.7 Å². The minimum absolute atomic E-state index is 0. The molecule has 2 unspecified atom stereocenters. The Morgan fingerprint density at radius 3 is 3.00 bits per heavy atom. The molecule has 2 aliphatic heterocycles. The minimum atomic E-state index is 0. The Morgan fingerprint density at radius 2 is 2.24 bits per heavy atom. The average molecular weight is 376 g/mol. The highest BCUT2D eigenvalue weighted by Gasteiger charge is 2.34. The van der Waals surface area contributed by atoms with Gasteiger partial charge in [0, 0.05) is 23.6 Å². The molecule has 4 nitrogen and oxygen atoms in total. The molecule has 2 aliphatic rings. The van der Waals surface area contributed by atoms with Crippen molar-refractivity contribution in [2.75, 3.05) is 26.7 Å². The molecule has 21 heavy (non-hydrogen) atoms. The van der Waals surface area contributed by atoms with Gasteiger partial charge < -0.3 is 15.0 Å². The van der Waals surface area contributed by atoms with Crippen molar-refractivity contribution in [3.63, 3.8) is 0 Å². The molecule has 0 bridgehead atoms. The smallest absolute Gasteiger partial charge is 0.255 e. The molecule has 0 spiro atoms. The van der Waals surface area contributed by atoms with Crippen molar-refractivity contribution in [1.82, 2.24) is 10.2 Å². The fraction of sp³-hybridized carbons (Fsp3) is 0.533. The van der Waals surface area contributed by atoms with E-state index in [1.165, 1.54) is 6.42 Å². The summed E-state index contributed by atoms with van der Waals surface area (Å²) in [5.74, 6) is 1.42. The second-order valence-electron chi connectivity index (χ2n) is 5.49. The Kier molecular flexibility index (Phi) is 5.52. The standard InChI is InChI=1S/C15H19BrN2O2.ClH/c1-20-11-2-3-13(16)12(8-11)15(19)18-7-5-14-10(9-18)4-6-17-14;/h2-3,8,10,14,17H,4-7,9H2,1H3;1H. The summed E-state index contributed by atoms with van der Waals surface area (Å²) in [5.41, 5.74) is 0.689. The summed E-state index contributed by atoms with van der Waals surface area (Å²) in [6.45, 7) is 2.77. The number of amides is 1. The van der Waals surface area contributed by atoms with Crippen LogP contribution >= 0.6 is 28.3 Å². The number of carbonyl (C=O) groups excluding carboxylic acids is 1. The van der Waals surface area contributed by atoms with Crippen molar-refractivity contribution >= 4 is 34.2 Å². The van der Waals surface area contributed by atoms with E-state index in [0.717, 1.165) is 30.5 Å². The molecule has 2 atom stereocenters. The van der Waals surface area contributed by atoms with E-state index in [1.807, 2.05) is 23.1 Å². The third-order valence-electron chi connectivity index (χ3n) is 4.35. The summed E-state index contributed by atoms with van der Waals surface area (Å²) in [7, 11) is 1.62. The van der Waals surface area contributed by atoms with Gasteiger partial charge in [-0.05, 0) is 59.4 Å². The van der Waals surface area contributed by atoms with Crippen LogP contribution in [0, 0.1) is 5.92 Å². The van der Waals surface area contributed by atoms with Gasteiger partial charge in [-0.3, -0.25) is 4.79 Å². The third kappa shape index (κ3) is 3.35. The van der Waals surface area contributed by atoms with Gasteiger partial charge in [-0.1, -0.05) is 0 Å². The van der Waals surface area contributed by atoms with Gasteiger partial charge in [-0.25, -0.2) is 0 Å². The molecule has 0 aliphatic carbocycles. The second kappa shape index (κ2) is 6.99. The van der Waals surface area contributed by atoms with Crippen LogP contribution in [0.3, 0.4) is 0 Å². The molecular formula is C15H20BrClN2O2. The maximum atomic E-state index is 12.7. The van der Waals surface area contributed by atoms with Crippen LogP contribution in [0.4, 0.5) is 0 Å². The van der Waals surface area contributed by atoms with Gasteiger partial charge in [-0.2, -0.15) is 0 Å². The van der Waals surface area contributed by atoms with E-state index in [-0.39, 0.29) is 18.3 Å². The van der Waals surface area contributed by atoms with Crippen molar-refractivity contribution in [2.24, 2.45) is 5.92 Å². The minimum Gasteiger partial charge on any atom is -0.497 e. The van der Waals surface area contributed by atoms with Crippen LogP contribution in [-0.2, 0) is 0 Å². The zero-order chi connectivity index (χ0) is 14.1. The predicted octanol–water partition coefficient (Wildman–Crippen LogP) is 2.70. The molecule has 116 valence electrons. The number of rotatable bonds is 2. The molecule has 1 aromatic rings. The Labute approximate surface area is 139 Å². The first-order chi connectivity index (χ1) is 9.69. The number of piperidine rings is 1. The van der Waals surface area contributed by atoms with E-state index in [9.17, 15) is 4.79 Å². The number of nitrogens with zero attached hydrogens (tertiary/aromatic N) is 1. The number of ether oxygens (including phenoxy) is 1. The van der Waals surface area contributed by atoms with Crippen molar-refractivity contribution < 1.29 is 9.53 Å². The fourth-order valence-electron chi connectivity index (χ4n) is 3.20. The first-order valence-corrected chi connectivity index (χ1v) is 7.84. The number of halogens is 2.